The number of rotatable bonds is 6. The number of nitrogens with zero attached hydrogens (tertiary/aromatic N) is 1. The molecule has 4 heteroatoms. The molecule has 0 saturated carbocycles. The first-order chi connectivity index (χ1) is 10.2. The summed E-state index contributed by atoms with van der Waals surface area (Å²) >= 11 is 0. The van der Waals surface area contributed by atoms with Gasteiger partial charge in [0.1, 0.15) is 0 Å². The first-order valence-electron chi connectivity index (χ1n) is 6.79. The second-order valence-electron chi connectivity index (χ2n) is 4.70. The van der Waals surface area contributed by atoms with Gasteiger partial charge in [0.05, 0.1) is 11.5 Å². The van der Waals surface area contributed by atoms with Gasteiger partial charge in [0.15, 0.2) is 0 Å². The normalized spacial score (nSPS) is 11.4. The summed E-state index contributed by atoms with van der Waals surface area (Å²) in [6.45, 7) is -0.0406. The van der Waals surface area contributed by atoms with Crippen LogP contribution in [0.15, 0.2) is 60.7 Å². The van der Waals surface area contributed by atoms with Crippen LogP contribution >= 0.6 is 0 Å². The van der Waals surface area contributed by atoms with Gasteiger partial charge in [-0.3, -0.25) is 10.1 Å². The Morgan fingerprint density at radius 1 is 1.10 bits per heavy atom. The number of hydrogen-bond donors (Lipinski definition) is 1. The van der Waals surface area contributed by atoms with Crippen molar-refractivity contribution in [2.24, 2.45) is 0 Å². The Bertz CT molecular complexity index is 618. The van der Waals surface area contributed by atoms with Gasteiger partial charge >= 0.3 is 0 Å². The average molecular weight is 283 g/mol. The van der Waals surface area contributed by atoms with Gasteiger partial charge in [-0.05, 0) is 41.7 Å². The van der Waals surface area contributed by atoms with E-state index < -0.39 is 4.92 Å². The molecule has 0 bridgehead atoms. The first-order valence-corrected chi connectivity index (χ1v) is 6.79. The maximum atomic E-state index is 10.7. The lowest BCUT2D eigenvalue weighted by Crippen LogP contribution is -1.93. The molecule has 0 aromatic heterocycles. The molecule has 4 nitrogen and oxygen atoms in total. The smallest absolute Gasteiger partial charge is 0.269 e. The molecule has 0 aliphatic carbocycles. The van der Waals surface area contributed by atoms with E-state index in [4.69, 9.17) is 5.11 Å². The van der Waals surface area contributed by atoms with Crippen LogP contribution in [0.1, 0.15) is 17.5 Å². The van der Waals surface area contributed by atoms with Gasteiger partial charge in [-0.2, -0.15) is 0 Å². The second-order valence-corrected chi connectivity index (χ2v) is 4.70. The van der Waals surface area contributed by atoms with Crippen molar-refractivity contribution in [2.45, 2.75) is 12.8 Å². The molecule has 1 N–H and O–H groups in total. The molecule has 108 valence electrons. The fourth-order valence-corrected chi connectivity index (χ4v) is 2.20. The predicted molar refractivity (Wildman–Crippen MR) is 82.9 cm³/mol. The molecule has 0 aliphatic rings. The maximum absolute atomic E-state index is 10.7. The fraction of sp³-hybridized carbons (Fsp3) is 0.176. The average Bonchev–Trinajstić information content (AvgIpc) is 2.52. The number of benzene rings is 2. The van der Waals surface area contributed by atoms with Gasteiger partial charge < -0.3 is 5.11 Å². The van der Waals surface area contributed by atoms with Crippen LogP contribution in [0.4, 0.5) is 5.69 Å². The standard InChI is InChI=1S/C17H17NO3/c19-13-12-16(7-6-14-4-2-1-3-5-14)15-8-10-17(11-9-15)18(20)21/h1-5,8-12,19H,6-7,13H2/b16-12-. The molecule has 0 radical (unpaired) electrons. The third-order valence-corrected chi connectivity index (χ3v) is 3.31. The van der Waals surface area contributed by atoms with Crippen LogP contribution in [0.3, 0.4) is 0 Å². The Kier molecular flexibility index (Phi) is 5.23. The summed E-state index contributed by atoms with van der Waals surface area (Å²) in [6, 6.07) is 16.5. The van der Waals surface area contributed by atoms with E-state index in [9.17, 15) is 10.1 Å². The molecule has 2 aromatic carbocycles. The zero-order valence-electron chi connectivity index (χ0n) is 11.6. The first kappa shape index (κ1) is 14.9. The molecule has 21 heavy (non-hydrogen) atoms. The highest BCUT2D eigenvalue weighted by Crippen LogP contribution is 2.23. The van der Waals surface area contributed by atoms with Gasteiger partial charge in [-0.15, -0.1) is 0 Å². The lowest BCUT2D eigenvalue weighted by atomic mass is 9.98. The molecular weight excluding hydrogens is 266 g/mol. The molecule has 0 atom stereocenters. The van der Waals surface area contributed by atoms with E-state index in [2.05, 4.69) is 12.1 Å². The van der Waals surface area contributed by atoms with Gasteiger partial charge in [-0.1, -0.05) is 36.4 Å². The number of nitro benzene ring substituents is 1. The molecule has 2 aromatic rings. The van der Waals surface area contributed by atoms with Crippen molar-refractivity contribution in [3.8, 4) is 0 Å². The summed E-state index contributed by atoms with van der Waals surface area (Å²) in [5.74, 6) is 0. The Morgan fingerprint density at radius 2 is 1.76 bits per heavy atom. The summed E-state index contributed by atoms with van der Waals surface area (Å²) in [6.07, 6.45) is 3.40. The number of non-ortho nitro benzene ring substituents is 1. The molecular formula is C17H17NO3. The SMILES string of the molecule is O=[N+]([O-])c1ccc(/C(=C\CO)CCc2ccccc2)cc1. The van der Waals surface area contributed by atoms with Crippen molar-refractivity contribution >= 4 is 11.3 Å². The Labute approximate surface area is 123 Å². The van der Waals surface area contributed by atoms with Gasteiger partial charge in [0, 0.05) is 12.1 Å². The van der Waals surface area contributed by atoms with Crippen molar-refractivity contribution in [1.29, 1.82) is 0 Å². The van der Waals surface area contributed by atoms with E-state index >= 15 is 0 Å². The number of aliphatic hydroxyl groups is 1. The van der Waals surface area contributed by atoms with Crippen LogP contribution in [-0.2, 0) is 6.42 Å². The third kappa shape index (κ3) is 4.26. The van der Waals surface area contributed by atoms with E-state index in [0.717, 1.165) is 24.0 Å². The van der Waals surface area contributed by atoms with E-state index in [1.165, 1.54) is 17.7 Å². The molecule has 0 spiro atoms. The quantitative estimate of drug-likeness (QED) is 0.650. The zero-order valence-corrected chi connectivity index (χ0v) is 11.6. The summed E-state index contributed by atoms with van der Waals surface area (Å²) in [5, 5.41) is 19.8. The van der Waals surface area contributed by atoms with E-state index in [-0.39, 0.29) is 12.3 Å². The molecule has 0 aliphatic heterocycles. The van der Waals surface area contributed by atoms with Crippen LogP contribution in [0, 0.1) is 10.1 Å². The molecule has 0 amide bonds. The highest BCUT2D eigenvalue weighted by Gasteiger charge is 2.07. The minimum Gasteiger partial charge on any atom is -0.392 e. The van der Waals surface area contributed by atoms with Crippen LogP contribution in [0.2, 0.25) is 0 Å². The summed E-state index contributed by atoms with van der Waals surface area (Å²) in [5.41, 5.74) is 3.20. The summed E-state index contributed by atoms with van der Waals surface area (Å²) in [4.78, 5) is 10.3. The second kappa shape index (κ2) is 7.36. The highest BCUT2D eigenvalue weighted by molar-refractivity contribution is 5.66. The minimum absolute atomic E-state index is 0.0406. The molecule has 2 rings (SSSR count). The molecule has 0 fully saturated rings. The van der Waals surface area contributed by atoms with Crippen molar-refractivity contribution in [3.63, 3.8) is 0 Å². The largest absolute Gasteiger partial charge is 0.392 e. The lowest BCUT2D eigenvalue weighted by Gasteiger charge is -2.08. The highest BCUT2D eigenvalue weighted by atomic mass is 16.6. The van der Waals surface area contributed by atoms with Crippen molar-refractivity contribution < 1.29 is 10.0 Å². The van der Waals surface area contributed by atoms with Crippen LogP contribution in [0.5, 0.6) is 0 Å². The summed E-state index contributed by atoms with van der Waals surface area (Å²) in [7, 11) is 0. The lowest BCUT2D eigenvalue weighted by molar-refractivity contribution is -0.384. The van der Waals surface area contributed by atoms with Crippen LogP contribution in [0.25, 0.3) is 5.57 Å². The summed E-state index contributed by atoms with van der Waals surface area (Å²) < 4.78 is 0. The van der Waals surface area contributed by atoms with Crippen molar-refractivity contribution in [2.75, 3.05) is 6.61 Å². The molecule has 0 heterocycles. The molecule has 0 saturated heterocycles. The van der Waals surface area contributed by atoms with E-state index in [1.54, 1.807) is 18.2 Å². The van der Waals surface area contributed by atoms with Gasteiger partial charge in [0.2, 0.25) is 0 Å². The van der Waals surface area contributed by atoms with Gasteiger partial charge in [-0.25, -0.2) is 0 Å². The van der Waals surface area contributed by atoms with Crippen LogP contribution < -0.4 is 0 Å². The predicted octanol–water partition coefficient (Wildman–Crippen LogP) is 3.60. The zero-order chi connectivity index (χ0) is 15.1. The number of hydrogen-bond acceptors (Lipinski definition) is 3. The molecule has 0 unspecified atom stereocenters. The Balaban J connectivity index is 2.12. The topological polar surface area (TPSA) is 63.4 Å². The minimum atomic E-state index is -0.414. The van der Waals surface area contributed by atoms with E-state index in [0.29, 0.717) is 0 Å². The van der Waals surface area contributed by atoms with E-state index in [1.807, 2.05) is 18.2 Å². The van der Waals surface area contributed by atoms with Crippen molar-refractivity contribution in [3.05, 3.63) is 81.9 Å². The number of nitro groups is 1. The fourth-order valence-electron chi connectivity index (χ4n) is 2.20. The Morgan fingerprint density at radius 3 is 2.33 bits per heavy atom. The number of aliphatic hydroxyl groups excluding tert-OH is 1. The van der Waals surface area contributed by atoms with Crippen molar-refractivity contribution in [1.82, 2.24) is 0 Å². The Hall–Kier alpha value is -2.46. The maximum Gasteiger partial charge on any atom is 0.269 e. The third-order valence-electron chi connectivity index (χ3n) is 3.31. The van der Waals surface area contributed by atoms with Gasteiger partial charge in [0.25, 0.3) is 5.69 Å². The number of allylic oxidation sites excluding steroid dienone is 1. The van der Waals surface area contributed by atoms with Crippen LogP contribution in [-0.4, -0.2) is 16.6 Å². The monoisotopic (exact) mass is 283 g/mol. The number of aryl methyl sites for hydroxylation is 1.